The Balaban J connectivity index is 0.000000463. The summed E-state index contributed by atoms with van der Waals surface area (Å²) in [6, 6.07) is 18.6. The number of rotatable bonds is 2. The van der Waals surface area contributed by atoms with Gasteiger partial charge in [-0.2, -0.15) is 5.26 Å². The van der Waals surface area contributed by atoms with Crippen LogP contribution < -0.4 is 0 Å². The first kappa shape index (κ1) is 17.9. The van der Waals surface area contributed by atoms with Crippen LogP contribution in [0.4, 0.5) is 0 Å². The van der Waals surface area contributed by atoms with E-state index < -0.39 is 11.9 Å². The minimum atomic E-state index is -0.708. The Morgan fingerprint density at radius 1 is 0.826 bits per heavy atom. The Hall–Kier alpha value is -3.13. The quantitative estimate of drug-likeness (QED) is 0.623. The molecule has 0 heterocycles. The van der Waals surface area contributed by atoms with Gasteiger partial charge in [0, 0.05) is 5.92 Å². The van der Waals surface area contributed by atoms with Gasteiger partial charge in [-0.15, -0.1) is 0 Å². The summed E-state index contributed by atoms with van der Waals surface area (Å²) in [4.78, 5) is 31.9. The fourth-order valence-corrected chi connectivity index (χ4v) is 1.32. The SMILES string of the molecule is CC(C)C#N.O=C(OOC(=O)c1ccccc1)c1ccccc1. The van der Waals surface area contributed by atoms with Gasteiger partial charge in [0.15, 0.2) is 0 Å². The van der Waals surface area contributed by atoms with E-state index in [4.69, 9.17) is 5.26 Å². The second kappa shape index (κ2) is 9.74. The fraction of sp³-hybridized carbons (Fsp3) is 0.167. The molecular weight excluding hydrogens is 294 g/mol. The summed E-state index contributed by atoms with van der Waals surface area (Å²) in [5, 5.41) is 7.89. The standard InChI is InChI=1S/C14H10O4.C4H7N/c15-13(11-7-3-1-4-8-11)17-18-14(16)12-9-5-2-6-10-12;1-4(2)3-5/h1-10H;4H,1-2H3. The van der Waals surface area contributed by atoms with E-state index in [1.165, 1.54) is 0 Å². The van der Waals surface area contributed by atoms with Crippen molar-refractivity contribution in [1.29, 1.82) is 5.26 Å². The van der Waals surface area contributed by atoms with Gasteiger partial charge in [0.05, 0.1) is 17.2 Å². The zero-order valence-electron chi connectivity index (χ0n) is 12.9. The average Bonchev–Trinajstić information content (AvgIpc) is 2.61. The van der Waals surface area contributed by atoms with E-state index in [9.17, 15) is 9.59 Å². The lowest BCUT2D eigenvalue weighted by molar-refractivity contribution is -0.187. The Labute approximate surface area is 135 Å². The molecule has 118 valence electrons. The average molecular weight is 311 g/mol. The third-order valence-electron chi connectivity index (χ3n) is 2.47. The minimum Gasteiger partial charge on any atom is -0.242 e. The van der Waals surface area contributed by atoms with Gasteiger partial charge in [0.25, 0.3) is 0 Å². The molecule has 0 aliphatic heterocycles. The lowest BCUT2D eigenvalue weighted by Crippen LogP contribution is -2.11. The molecule has 5 nitrogen and oxygen atoms in total. The molecule has 0 aromatic heterocycles. The number of hydrogen-bond acceptors (Lipinski definition) is 5. The van der Waals surface area contributed by atoms with Crippen LogP contribution in [0.1, 0.15) is 34.6 Å². The van der Waals surface area contributed by atoms with Crippen molar-refractivity contribution in [2.75, 3.05) is 0 Å². The van der Waals surface area contributed by atoms with Crippen molar-refractivity contribution in [1.82, 2.24) is 0 Å². The second-order valence-electron chi connectivity index (χ2n) is 4.76. The van der Waals surface area contributed by atoms with Crippen molar-refractivity contribution in [3.8, 4) is 6.07 Å². The Kier molecular flexibility index (Phi) is 7.59. The Morgan fingerprint density at radius 2 is 1.13 bits per heavy atom. The van der Waals surface area contributed by atoms with Crippen LogP contribution in [0.3, 0.4) is 0 Å². The van der Waals surface area contributed by atoms with Crippen molar-refractivity contribution in [3.63, 3.8) is 0 Å². The lowest BCUT2D eigenvalue weighted by Gasteiger charge is -2.02. The van der Waals surface area contributed by atoms with Crippen LogP contribution in [-0.2, 0) is 9.78 Å². The van der Waals surface area contributed by atoms with Gasteiger partial charge in [-0.05, 0) is 38.1 Å². The van der Waals surface area contributed by atoms with E-state index >= 15 is 0 Å². The summed E-state index contributed by atoms with van der Waals surface area (Å²) in [5.41, 5.74) is 0.636. The summed E-state index contributed by atoms with van der Waals surface area (Å²) in [5.74, 6) is -1.23. The third kappa shape index (κ3) is 6.91. The molecule has 2 aromatic rings. The molecule has 0 radical (unpaired) electrons. The summed E-state index contributed by atoms with van der Waals surface area (Å²) < 4.78 is 0. The highest BCUT2D eigenvalue weighted by Gasteiger charge is 2.12. The van der Waals surface area contributed by atoms with Gasteiger partial charge in [0.1, 0.15) is 0 Å². The van der Waals surface area contributed by atoms with Crippen molar-refractivity contribution in [2.45, 2.75) is 13.8 Å². The maximum absolute atomic E-state index is 11.5. The predicted octanol–water partition coefficient (Wildman–Crippen LogP) is 3.78. The maximum Gasteiger partial charge on any atom is 0.386 e. The summed E-state index contributed by atoms with van der Waals surface area (Å²) in [6.07, 6.45) is 0. The van der Waals surface area contributed by atoms with Gasteiger partial charge in [-0.3, -0.25) is 0 Å². The van der Waals surface area contributed by atoms with Crippen LogP contribution in [0.25, 0.3) is 0 Å². The van der Waals surface area contributed by atoms with Crippen molar-refractivity contribution in [2.24, 2.45) is 5.92 Å². The highest BCUT2D eigenvalue weighted by molar-refractivity contribution is 5.92. The zero-order valence-corrected chi connectivity index (χ0v) is 12.9. The molecule has 23 heavy (non-hydrogen) atoms. The fourth-order valence-electron chi connectivity index (χ4n) is 1.32. The normalized spacial score (nSPS) is 9.13. The smallest absolute Gasteiger partial charge is 0.242 e. The third-order valence-corrected chi connectivity index (χ3v) is 2.47. The number of nitriles is 1. The van der Waals surface area contributed by atoms with Crippen molar-refractivity contribution in [3.05, 3.63) is 71.8 Å². The maximum atomic E-state index is 11.5. The van der Waals surface area contributed by atoms with Crippen LogP contribution >= 0.6 is 0 Å². The molecule has 0 saturated carbocycles. The number of nitrogens with zero attached hydrogens (tertiary/aromatic N) is 1. The van der Waals surface area contributed by atoms with E-state index in [1.807, 2.05) is 19.9 Å². The summed E-state index contributed by atoms with van der Waals surface area (Å²) >= 11 is 0. The first-order chi connectivity index (χ1) is 11.0. The molecule has 0 bridgehead atoms. The van der Waals surface area contributed by atoms with E-state index in [0.717, 1.165) is 0 Å². The predicted molar refractivity (Wildman–Crippen MR) is 84.2 cm³/mol. The van der Waals surface area contributed by atoms with Gasteiger partial charge < -0.3 is 0 Å². The highest BCUT2D eigenvalue weighted by Crippen LogP contribution is 2.05. The number of carbonyl (C=O) groups excluding carboxylic acids is 2. The molecule has 0 aliphatic rings. The summed E-state index contributed by atoms with van der Waals surface area (Å²) in [6.45, 7) is 3.72. The second-order valence-corrected chi connectivity index (χ2v) is 4.76. The van der Waals surface area contributed by atoms with Crippen LogP contribution in [0.15, 0.2) is 60.7 Å². The lowest BCUT2D eigenvalue weighted by atomic mass is 10.2. The van der Waals surface area contributed by atoms with Crippen LogP contribution in [0, 0.1) is 17.2 Å². The first-order valence-corrected chi connectivity index (χ1v) is 6.97. The molecule has 5 heteroatoms. The molecule has 0 aliphatic carbocycles. The van der Waals surface area contributed by atoms with Crippen molar-refractivity contribution >= 4 is 11.9 Å². The monoisotopic (exact) mass is 311 g/mol. The Morgan fingerprint density at radius 3 is 1.39 bits per heavy atom. The molecule has 2 rings (SSSR count). The Bertz CT molecular complexity index is 609. The van der Waals surface area contributed by atoms with Crippen LogP contribution in [0.2, 0.25) is 0 Å². The molecule has 0 atom stereocenters. The van der Waals surface area contributed by atoms with Crippen molar-refractivity contribution < 1.29 is 19.4 Å². The molecule has 0 fully saturated rings. The summed E-state index contributed by atoms with van der Waals surface area (Å²) in [7, 11) is 0. The molecule has 0 amide bonds. The zero-order chi connectivity index (χ0) is 17.1. The first-order valence-electron chi connectivity index (χ1n) is 6.97. The molecular formula is C18H17NO4. The number of carbonyl (C=O) groups is 2. The largest absolute Gasteiger partial charge is 0.386 e. The highest BCUT2D eigenvalue weighted by atomic mass is 17.2. The molecule has 0 spiro atoms. The van der Waals surface area contributed by atoms with Gasteiger partial charge in [-0.1, -0.05) is 36.4 Å². The van der Waals surface area contributed by atoms with E-state index in [0.29, 0.717) is 11.1 Å². The van der Waals surface area contributed by atoms with E-state index in [-0.39, 0.29) is 5.92 Å². The van der Waals surface area contributed by atoms with Gasteiger partial charge in [0.2, 0.25) is 0 Å². The number of hydrogen-bond donors (Lipinski definition) is 0. The van der Waals surface area contributed by atoms with Crippen LogP contribution in [0.5, 0.6) is 0 Å². The van der Waals surface area contributed by atoms with Gasteiger partial charge in [-0.25, -0.2) is 19.4 Å². The van der Waals surface area contributed by atoms with E-state index in [2.05, 4.69) is 9.78 Å². The number of benzene rings is 2. The topological polar surface area (TPSA) is 76.4 Å². The molecule has 2 aromatic carbocycles. The van der Waals surface area contributed by atoms with Gasteiger partial charge >= 0.3 is 11.9 Å². The van der Waals surface area contributed by atoms with E-state index in [1.54, 1.807) is 60.7 Å². The minimum absolute atomic E-state index is 0.190. The molecule has 0 N–H and O–H groups in total. The molecule has 0 saturated heterocycles. The van der Waals surface area contributed by atoms with Crippen LogP contribution in [-0.4, -0.2) is 11.9 Å². The molecule has 0 unspecified atom stereocenters.